The summed E-state index contributed by atoms with van der Waals surface area (Å²) in [7, 11) is -4.27. The van der Waals surface area contributed by atoms with E-state index in [2.05, 4.69) is 5.32 Å². The fourth-order valence-corrected chi connectivity index (χ4v) is 8.09. The standard InChI is InChI=1S/C29H24ClF5N2O4S/c1-28(2)13-21-27(42(40,41)14-28)26(18-9-7-16(11-20(18)32)29(33,34)35)37(22-4-3-5-23(38)25(22)36-21)24(39)10-15-6-8-17(31)12-19(15)30/h3-9,11-12,26,36,38H,10,13-14H2,1-2H3/t26-/m0/s1. The number of nitrogens with one attached hydrogen (secondary N) is 1. The molecule has 5 rings (SSSR count). The summed E-state index contributed by atoms with van der Waals surface area (Å²) < 4.78 is 97.5. The van der Waals surface area contributed by atoms with Crippen molar-refractivity contribution < 1.29 is 40.3 Å². The van der Waals surface area contributed by atoms with Crippen molar-refractivity contribution in [3.63, 3.8) is 0 Å². The van der Waals surface area contributed by atoms with Crippen LogP contribution >= 0.6 is 11.6 Å². The van der Waals surface area contributed by atoms with Crippen LogP contribution in [-0.4, -0.2) is 25.2 Å². The minimum Gasteiger partial charge on any atom is -0.506 e. The first-order valence-corrected chi connectivity index (χ1v) is 14.7. The average molecular weight is 627 g/mol. The van der Waals surface area contributed by atoms with Gasteiger partial charge in [0.05, 0.1) is 28.3 Å². The van der Waals surface area contributed by atoms with Crippen LogP contribution < -0.4 is 10.2 Å². The summed E-state index contributed by atoms with van der Waals surface area (Å²) >= 11 is 6.16. The number of fused-ring (bicyclic) bond motifs is 1. The van der Waals surface area contributed by atoms with Gasteiger partial charge < -0.3 is 10.4 Å². The maximum Gasteiger partial charge on any atom is 0.416 e. The normalized spacial score (nSPS) is 19.4. The number of sulfone groups is 1. The molecule has 3 aromatic carbocycles. The predicted octanol–water partition coefficient (Wildman–Crippen LogP) is 7.14. The number of carbonyl (C=O) groups is 1. The Bertz CT molecular complexity index is 1760. The maximum absolute atomic E-state index is 15.7. The number of carbonyl (C=O) groups excluding carboxylic acids is 1. The van der Waals surface area contributed by atoms with E-state index < -0.39 is 73.2 Å². The van der Waals surface area contributed by atoms with Gasteiger partial charge in [0.1, 0.15) is 29.1 Å². The summed E-state index contributed by atoms with van der Waals surface area (Å²) in [6.07, 6.45) is -5.30. The number of aromatic hydroxyl groups is 1. The molecule has 0 saturated carbocycles. The monoisotopic (exact) mass is 626 g/mol. The number of phenolic OH excluding ortho intramolecular Hbond substituents is 1. The molecule has 222 valence electrons. The summed E-state index contributed by atoms with van der Waals surface area (Å²) in [6, 6.07) is 7.28. The SMILES string of the molecule is CC1(C)CC2=C([C@H](c3ccc(C(F)(F)F)cc3F)N(C(=O)Cc3ccc(F)cc3Cl)c3cccc(O)c3N2)S(=O)(=O)C1. The smallest absolute Gasteiger partial charge is 0.416 e. The van der Waals surface area contributed by atoms with Gasteiger partial charge >= 0.3 is 6.18 Å². The Hall–Kier alpha value is -3.64. The Kier molecular flexibility index (Phi) is 7.29. The number of alkyl halides is 3. The van der Waals surface area contributed by atoms with E-state index in [-0.39, 0.29) is 45.9 Å². The van der Waals surface area contributed by atoms with Crippen molar-refractivity contribution in [3.05, 3.63) is 98.5 Å². The van der Waals surface area contributed by atoms with E-state index >= 15 is 4.39 Å². The van der Waals surface area contributed by atoms with Crippen molar-refractivity contribution in [1.29, 1.82) is 0 Å². The largest absolute Gasteiger partial charge is 0.506 e. The van der Waals surface area contributed by atoms with Crippen LogP contribution in [0.25, 0.3) is 0 Å². The second kappa shape index (κ2) is 10.3. The van der Waals surface area contributed by atoms with Crippen molar-refractivity contribution in [2.45, 2.75) is 38.9 Å². The number of hydrogen-bond acceptors (Lipinski definition) is 5. The van der Waals surface area contributed by atoms with Gasteiger partial charge in [-0.2, -0.15) is 13.2 Å². The van der Waals surface area contributed by atoms with E-state index in [0.29, 0.717) is 6.07 Å². The molecule has 0 spiro atoms. The van der Waals surface area contributed by atoms with Crippen LogP contribution in [0.4, 0.5) is 33.3 Å². The molecule has 1 atom stereocenters. The molecule has 0 bridgehead atoms. The number of phenols is 1. The van der Waals surface area contributed by atoms with Gasteiger partial charge in [-0.1, -0.05) is 43.6 Å². The lowest BCUT2D eigenvalue weighted by Gasteiger charge is -2.37. The van der Waals surface area contributed by atoms with E-state index in [0.717, 1.165) is 23.1 Å². The minimum absolute atomic E-state index is 0.0497. The lowest BCUT2D eigenvalue weighted by Crippen LogP contribution is -2.42. The molecule has 2 aliphatic heterocycles. The highest BCUT2D eigenvalue weighted by Crippen LogP contribution is 2.52. The molecule has 6 nitrogen and oxygen atoms in total. The van der Waals surface area contributed by atoms with E-state index in [1.165, 1.54) is 24.3 Å². The number of amides is 1. The number of allylic oxidation sites excluding steroid dienone is 1. The van der Waals surface area contributed by atoms with Crippen molar-refractivity contribution >= 4 is 38.7 Å². The Morgan fingerprint density at radius 3 is 2.48 bits per heavy atom. The molecule has 3 aromatic rings. The Morgan fingerprint density at radius 1 is 1.12 bits per heavy atom. The quantitative estimate of drug-likeness (QED) is 0.238. The highest BCUT2D eigenvalue weighted by molar-refractivity contribution is 7.95. The molecule has 0 fully saturated rings. The van der Waals surface area contributed by atoms with Crippen molar-refractivity contribution in [1.82, 2.24) is 0 Å². The number of benzene rings is 3. The zero-order valence-electron chi connectivity index (χ0n) is 22.2. The topological polar surface area (TPSA) is 86.7 Å². The summed E-state index contributed by atoms with van der Waals surface area (Å²) in [6.45, 7) is 3.39. The fourth-order valence-electron chi connectivity index (χ4n) is 5.50. The van der Waals surface area contributed by atoms with Crippen LogP contribution in [0.5, 0.6) is 5.75 Å². The van der Waals surface area contributed by atoms with Gasteiger partial charge in [-0.15, -0.1) is 0 Å². The number of halogens is 6. The first-order chi connectivity index (χ1) is 19.5. The van der Waals surface area contributed by atoms with Crippen LogP contribution in [0, 0.1) is 17.0 Å². The van der Waals surface area contributed by atoms with Crippen molar-refractivity contribution in [2.24, 2.45) is 5.41 Å². The van der Waals surface area contributed by atoms with E-state index in [9.17, 15) is 35.9 Å². The average Bonchev–Trinajstić information content (AvgIpc) is 2.99. The van der Waals surface area contributed by atoms with Crippen LogP contribution in [-0.2, 0) is 27.2 Å². The van der Waals surface area contributed by atoms with Gasteiger partial charge in [-0.25, -0.2) is 17.2 Å². The highest BCUT2D eigenvalue weighted by atomic mass is 35.5. The van der Waals surface area contributed by atoms with E-state index in [4.69, 9.17) is 11.6 Å². The third-order valence-corrected chi connectivity index (χ3v) is 9.83. The Balaban J connectivity index is 1.81. The van der Waals surface area contributed by atoms with Gasteiger partial charge in [-0.05, 0) is 53.8 Å². The third kappa shape index (κ3) is 5.45. The zero-order chi connectivity index (χ0) is 30.8. The van der Waals surface area contributed by atoms with Crippen molar-refractivity contribution in [3.8, 4) is 5.75 Å². The molecule has 13 heteroatoms. The molecule has 0 aromatic heterocycles. The molecular weight excluding hydrogens is 603 g/mol. The number of rotatable bonds is 3. The van der Waals surface area contributed by atoms with Crippen LogP contribution in [0.3, 0.4) is 0 Å². The fraction of sp³-hybridized carbons (Fsp3) is 0.276. The molecule has 2 heterocycles. The van der Waals surface area contributed by atoms with E-state index in [1.54, 1.807) is 13.8 Å². The molecule has 2 N–H and O–H groups in total. The lowest BCUT2D eigenvalue weighted by molar-refractivity contribution is -0.137. The molecular formula is C29H24ClF5N2O4S. The summed E-state index contributed by atoms with van der Waals surface area (Å²) in [5.74, 6) is -3.64. The molecule has 0 aliphatic carbocycles. The van der Waals surface area contributed by atoms with Gasteiger partial charge in [0.15, 0.2) is 9.84 Å². The lowest BCUT2D eigenvalue weighted by atomic mass is 9.88. The first-order valence-electron chi connectivity index (χ1n) is 12.7. The second-order valence-electron chi connectivity index (χ2n) is 11.1. The van der Waals surface area contributed by atoms with Gasteiger partial charge in [0, 0.05) is 16.3 Å². The van der Waals surface area contributed by atoms with Gasteiger partial charge in [0.25, 0.3) is 0 Å². The molecule has 0 unspecified atom stereocenters. The molecule has 1 amide bonds. The number of anilines is 2. The van der Waals surface area contributed by atoms with Gasteiger partial charge in [-0.3, -0.25) is 9.69 Å². The molecule has 0 radical (unpaired) electrons. The second-order valence-corrected chi connectivity index (χ2v) is 13.4. The number of nitrogens with zero attached hydrogens (tertiary/aromatic N) is 1. The highest BCUT2D eigenvalue weighted by Gasteiger charge is 2.48. The molecule has 2 aliphatic rings. The number of para-hydroxylation sites is 1. The molecule has 0 saturated heterocycles. The summed E-state index contributed by atoms with van der Waals surface area (Å²) in [4.78, 5) is 14.6. The summed E-state index contributed by atoms with van der Waals surface area (Å²) in [5.41, 5.74) is -2.50. The summed E-state index contributed by atoms with van der Waals surface area (Å²) in [5, 5.41) is 13.6. The molecule has 42 heavy (non-hydrogen) atoms. The van der Waals surface area contributed by atoms with Crippen LogP contribution in [0.1, 0.15) is 43.0 Å². The maximum atomic E-state index is 15.7. The Morgan fingerprint density at radius 2 is 1.83 bits per heavy atom. The Labute approximate surface area is 243 Å². The minimum atomic E-state index is -4.89. The predicted molar refractivity (Wildman–Crippen MR) is 148 cm³/mol. The zero-order valence-corrected chi connectivity index (χ0v) is 23.8. The van der Waals surface area contributed by atoms with E-state index in [1.807, 2.05) is 0 Å². The van der Waals surface area contributed by atoms with Gasteiger partial charge in [0.2, 0.25) is 5.91 Å². The van der Waals surface area contributed by atoms with Crippen molar-refractivity contribution in [2.75, 3.05) is 16.0 Å². The number of hydrogen-bond donors (Lipinski definition) is 2. The van der Waals surface area contributed by atoms with Crippen LogP contribution in [0.15, 0.2) is 65.2 Å². The van der Waals surface area contributed by atoms with Crippen LogP contribution in [0.2, 0.25) is 5.02 Å². The first kappa shape index (κ1) is 29.8. The third-order valence-electron chi connectivity index (χ3n) is 7.18.